The van der Waals surface area contributed by atoms with Gasteiger partial charge in [0.1, 0.15) is 11.9 Å². The predicted octanol–water partition coefficient (Wildman–Crippen LogP) is 6.48. The lowest BCUT2D eigenvalue weighted by molar-refractivity contribution is 0.0771. The van der Waals surface area contributed by atoms with Crippen LogP contribution in [0.5, 0.6) is 0 Å². The molecule has 1 aliphatic carbocycles. The van der Waals surface area contributed by atoms with Crippen molar-refractivity contribution in [3.8, 4) is 0 Å². The van der Waals surface area contributed by atoms with Gasteiger partial charge in [-0.15, -0.1) is 0 Å². The van der Waals surface area contributed by atoms with E-state index in [0.29, 0.717) is 5.92 Å². The van der Waals surface area contributed by atoms with Gasteiger partial charge in [0.05, 0.1) is 6.54 Å². The minimum atomic E-state index is -0.178. The number of likely N-dealkylation sites (tertiary alicyclic amines) is 1. The van der Waals surface area contributed by atoms with Crippen molar-refractivity contribution >= 4 is 6.02 Å². The normalized spacial score (nSPS) is 24.1. The van der Waals surface area contributed by atoms with Crippen molar-refractivity contribution in [1.82, 2.24) is 9.80 Å². The van der Waals surface area contributed by atoms with E-state index in [2.05, 4.69) is 35.0 Å². The van der Waals surface area contributed by atoms with Crippen molar-refractivity contribution in [2.24, 2.45) is 10.9 Å². The van der Waals surface area contributed by atoms with Crippen LogP contribution in [-0.2, 0) is 4.74 Å². The molecule has 188 valence electrons. The maximum Gasteiger partial charge on any atom is 0.288 e. The number of amidine groups is 1. The lowest BCUT2D eigenvalue weighted by atomic mass is 9.93. The van der Waals surface area contributed by atoms with Gasteiger partial charge in [-0.05, 0) is 56.1 Å². The molecule has 0 spiro atoms. The van der Waals surface area contributed by atoms with E-state index in [1.807, 2.05) is 12.2 Å². The van der Waals surface area contributed by atoms with E-state index in [1.54, 1.807) is 18.2 Å². The molecule has 1 saturated carbocycles. The van der Waals surface area contributed by atoms with E-state index in [1.165, 1.54) is 68.3 Å². The van der Waals surface area contributed by atoms with Gasteiger partial charge in [-0.3, -0.25) is 0 Å². The Kier molecular flexibility index (Phi) is 12.1. The number of piperidine rings is 1. The number of allylic oxidation sites excluding steroid dienone is 1. The Morgan fingerprint density at radius 3 is 2.21 bits per heavy atom. The van der Waals surface area contributed by atoms with Gasteiger partial charge < -0.3 is 14.5 Å². The minimum Gasteiger partial charge on any atom is -0.460 e. The molecule has 5 rings (SSSR count). The highest BCUT2D eigenvalue weighted by Crippen LogP contribution is 2.27. The number of halogens is 1. The molecule has 1 aromatic rings. The molecule has 3 aliphatic heterocycles. The van der Waals surface area contributed by atoms with E-state index in [9.17, 15) is 4.39 Å². The number of hydrogen-bond donors (Lipinski definition) is 0. The molecule has 0 radical (unpaired) electrons. The average molecular weight is 470 g/mol. The highest BCUT2D eigenvalue weighted by molar-refractivity contribution is 5.76. The largest absolute Gasteiger partial charge is 0.460 e. The van der Waals surface area contributed by atoms with Crippen LogP contribution in [-0.4, -0.2) is 61.7 Å². The van der Waals surface area contributed by atoms with Crippen LogP contribution < -0.4 is 0 Å². The molecule has 0 amide bonds. The molecule has 1 aromatic carbocycles. The summed E-state index contributed by atoms with van der Waals surface area (Å²) in [6, 6.07) is 8.77. The first kappa shape index (κ1) is 27.8. The summed E-state index contributed by atoms with van der Waals surface area (Å²) in [6.07, 6.45) is 13.7. The minimum absolute atomic E-state index is 0. The Bertz CT molecular complexity index is 812. The molecule has 2 unspecified atom stereocenters. The summed E-state index contributed by atoms with van der Waals surface area (Å²) in [4.78, 5) is 9.33. The quantitative estimate of drug-likeness (QED) is 0.507. The molecule has 34 heavy (non-hydrogen) atoms. The highest BCUT2D eigenvalue weighted by Gasteiger charge is 2.33. The number of hydrogen-bond acceptors (Lipinski definition) is 4. The Morgan fingerprint density at radius 2 is 1.68 bits per heavy atom. The molecular weight excluding hydrogens is 425 g/mol. The smallest absolute Gasteiger partial charge is 0.288 e. The number of aliphatic imine (C=N–C) groups is 1. The van der Waals surface area contributed by atoms with Crippen LogP contribution in [0.15, 0.2) is 71.8 Å². The van der Waals surface area contributed by atoms with E-state index < -0.39 is 0 Å². The third-order valence-electron chi connectivity index (χ3n) is 6.77. The number of benzene rings is 1. The maximum absolute atomic E-state index is 11.9. The van der Waals surface area contributed by atoms with Gasteiger partial charge in [0.2, 0.25) is 0 Å². The lowest BCUT2D eigenvalue weighted by Crippen LogP contribution is -2.42. The summed E-state index contributed by atoms with van der Waals surface area (Å²) >= 11 is 0. The predicted molar refractivity (Wildman–Crippen MR) is 143 cm³/mol. The third kappa shape index (κ3) is 8.43. The maximum atomic E-state index is 11.9. The fourth-order valence-electron chi connectivity index (χ4n) is 4.37. The summed E-state index contributed by atoms with van der Waals surface area (Å²) in [7, 11) is 2.20. The van der Waals surface area contributed by atoms with Crippen LogP contribution in [0.4, 0.5) is 4.39 Å². The molecular formula is C29H44FN3O. The second-order valence-electron chi connectivity index (χ2n) is 9.28. The van der Waals surface area contributed by atoms with Crippen LogP contribution >= 0.6 is 0 Å². The zero-order valence-electron chi connectivity index (χ0n) is 20.2. The van der Waals surface area contributed by atoms with Gasteiger partial charge in [-0.2, -0.15) is 0 Å². The number of rotatable bonds is 3. The molecule has 4 aliphatic rings. The van der Waals surface area contributed by atoms with Gasteiger partial charge in [-0.25, -0.2) is 9.38 Å². The van der Waals surface area contributed by atoms with Gasteiger partial charge >= 0.3 is 0 Å². The van der Waals surface area contributed by atoms with Crippen molar-refractivity contribution in [2.45, 2.75) is 58.5 Å². The number of ether oxygens (including phenoxy) is 1. The molecule has 5 heteroatoms. The Balaban J connectivity index is 0.000000279. The van der Waals surface area contributed by atoms with Crippen molar-refractivity contribution in [1.29, 1.82) is 0 Å². The monoisotopic (exact) mass is 469 g/mol. The summed E-state index contributed by atoms with van der Waals surface area (Å²) in [6.45, 7) is 12.8. The SMILES string of the molecule is C.C1CCC1.C=CC1=C(C=C)CN(C2=NCC(C3CCCN(C)C3)O2)CC1.Fc1ccccc1. The summed E-state index contributed by atoms with van der Waals surface area (Å²) < 4.78 is 18.1. The summed E-state index contributed by atoms with van der Waals surface area (Å²) in [5.41, 5.74) is 2.55. The van der Waals surface area contributed by atoms with Crippen molar-refractivity contribution < 1.29 is 9.13 Å². The highest BCUT2D eigenvalue weighted by atomic mass is 19.1. The van der Waals surface area contributed by atoms with E-state index in [0.717, 1.165) is 38.6 Å². The second-order valence-corrected chi connectivity index (χ2v) is 9.28. The zero-order valence-corrected chi connectivity index (χ0v) is 20.2. The molecule has 0 N–H and O–H groups in total. The van der Waals surface area contributed by atoms with Crippen LogP contribution in [0, 0.1) is 11.7 Å². The first-order chi connectivity index (χ1) is 16.1. The van der Waals surface area contributed by atoms with Crippen molar-refractivity contribution in [3.05, 3.63) is 72.6 Å². The molecule has 4 nitrogen and oxygen atoms in total. The summed E-state index contributed by atoms with van der Waals surface area (Å²) in [5, 5.41) is 0. The van der Waals surface area contributed by atoms with E-state index in [4.69, 9.17) is 4.74 Å². The topological polar surface area (TPSA) is 28.1 Å². The number of nitrogens with zero attached hydrogens (tertiary/aromatic N) is 3. The van der Waals surface area contributed by atoms with Crippen LogP contribution in [0.1, 0.15) is 52.4 Å². The first-order valence-electron chi connectivity index (χ1n) is 12.4. The molecule has 2 atom stereocenters. The van der Waals surface area contributed by atoms with Crippen LogP contribution in [0.2, 0.25) is 0 Å². The Hall–Kier alpha value is -2.40. The fraction of sp³-hybridized carbons (Fsp3) is 0.552. The van der Waals surface area contributed by atoms with Crippen LogP contribution in [0.25, 0.3) is 0 Å². The van der Waals surface area contributed by atoms with E-state index in [-0.39, 0.29) is 19.3 Å². The van der Waals surface area contributed by atoms with Crippen molar-refractivity contribution in [3.63, 3.8) is 0 Å². The first-order valence-corrected chi connectivity index (χ1v) is 12.4. The third-order valence-corrected chi connectivity index (χ3v) is 6.77. The Morgan fingerprint density at radius 1 is 1.00 bits per heavy atom. The molecule has 2 fully saturated rings. The van der Waals surface area contributed by atoms with Gasteiger partial charge in [0.25, 0.3) is 6.02 Å². The van der Waals surface area contributed by atoms with Gasteiger partial charge in [-0.1, -0.05) is 76.6 Å². The fourth-order valence-corrected chi connectivity index (χ4v) is 4.37. The van der Waals surface area contributed by atoms with Crippen LogP contribution in [0.3, 0.4) is 0 Å². The van der Waals surface area contributed by atoms with E-state index >= 15 is 0 Å². The molecule has 0 bridgehead atoms. The zero-order chi connectivity index (χ0) is 23.5. The standard InChI is InChI=1S/C18H27N3O.C6H5F.C4H8.CH4/c1-4-14-8-10-21(13-15(14)5-2)18-19-11-17(22-18)16-7-6-9-20(3)12-16;7-6-4-2-1-3-5-6;1-2-4-3-1;/h4-5,16-17H,1-2,6-13H2,3H3;1-5H;1-4H2;1H4. The lowest BCUT2D eigenvalue weighted by Gasteiger charge is -2.34. The van der Waals surface area contributed by atoms with Gasteiger partial charge in [0.15, 0.2) is 0 Å². The Labute approximate surface area is 206 Å². The summed E-state index contributed by atoms with van der Waals surface area (Å²) in [5.74, 6) is 0.436. The van der Waals surface area contributed by atoms with Crippen molar-refractivity contribution in [2.75, 3.05) is 39.8 Å². The molecule has 0 aromatic heterocycles. The second kappa shape index (κ2) is 14.8. The van der Waals surface area contributed by atoms with Gasteiger partial charge in [0, 0.05) is 25.6 Å². The molecule has 1 saturated heterocycles. The average Bonchev–Trinajstić information content (AvgIpc) is 3.29. The molecule has 3 heterocycles.